The topological polar surface area (TPSA) is 12.0 Å². The average molecular weight is 209 g/mol. The van der Waals surface area contributed by atoms with Crippen LogP contribution < -0.4 is 5.32 Å². The smallest absolute Gasteiger partial charge is 0.316 e. The van der Waals surface area contributed by atoms with Crippen LogP contribution in [0.25, 0.3) is 0 Å². The second-order valence-corrected chi connectivity index (χ2v) is 4.56. The van der Waals surface area contributed by atoms with Gasteiger partial charge in [-0.15, -0.1) is 0 Å². The number of nitrogens with one attached hydrogen (secondary N) is 1. The van der Waals surface area contributed by atoms with Crippen molar-refractivity contribution in [2.45, 2.75) is 45.2 Å². The normalized spacial score (nSPS) is 21.4. The Morgan fingerprint density at radius 3 is 2.29 bits per heavy atom. The Morgan fingerprint density at radius 2 is 1.79 bits per heavy atom. The molecule has 0 bridgehead atoms. The molecule has 84 valence electrons. The summed E-state index contributed by atoms with van der Waals surface area (Å²) in [5.41, 5.74) is 0.242. The van der Waals surface area contributed by atoms with Gasteiger partial charge in [0.05, 0.1) is 6.42 Å². The molecule has 1 aliphatic carbocycles. The second-order valence-electron chi connectivity index (χ2n) is 4.56. The van der Waals surface area contributed by atoms with Crippen molar-refractivity contribution >= 4 is 0 Å². The fraction of sp³-hybridized carbons (Fsp3) is 1.00. The van der Waals surface area contributed by atoms with Crippen LogP contribution in [0.15, 0.2) is 0 Å². The molecule has 1 nitrogen and oxygen atoms in total. The van der Waals surface area contributed by atoms with Crippen molar-refractivity contribution in [1.82, 2.24) is 5.32 Å². The van der Waals surface area contributed by atoms with E-state index in [1.807, 2.05) is 0 Å². The largest absolute Gasteiger partial charge is 0.390 e. The molecule has 1 N–H and O–H groups in total. The van der Waals surface area contributed by atoms with Crippen molar-refractivity contribution in [2.24, 2.45) is 5.41 Å². The third-order valence-corrected chi connectivity index (χ3v) is 2.95. The summed E-state index contributed by atoms with van der Waals surface area (Å²) in [6, 6.07) is 0. The van der Waals surface area contributed by atoms with Crippen molar-refractivity contribution in [3.8, 4) is 0 Å². The molecule has 0 atom stereocenters. The number of hydrogen-bond donors (Lipinski definition) is 1. The molecular weight excluding hydrogens is 191 g/mol. The Labute approximate surface area is 83.1 Å². The van der Waals surface area contributed by atoms with Gasteiger partial charge in [-0.05, 0) is 18.3 Å². The first-order valence-electron chi connectivity index (χ1n) is 5.19. The first-order valence-corrected chi connectivity index (χ1v) is 5.19. The maximum absolute atomic E-state index is 11.8. The van der Waals surface area contributed by atoms with Crippen LogP contribution in [0.5, 0.6) is 0 Å². The quantitative estimate of drug-likeness (QED) is 0.701. The summed E-state index contributed by atoms with van der Waals surface area (Å²) in [7, 11) is 0. The van der Waals surface area contributed by atoms with E-state index >= 15 is 0 Å². The van der Waals surface area contributed by atoms with Gasteiger partial charge >= 0.3 is 6.18 Å². The molecular formula is C10H18F3N. The predicted molar refractivity (Wildman–Crippen MR) is 50.1 cm³/mol. The minimum atomic E-state index is -4.02. The molecule has 14 heavy (non-hydrogen) atoms. The Balaban J connectivity index is 2.09. The van der Waals surface area contributed by atoms with Gasteiger partial charge in [-0.1, -0.05) is 19.8 Å². The monoisotopic (exact) mass is 209 g/mol. The van der Waals surface area contributed by atoms with E-state index in [1.165, 1.54) is 12.8 Å². The van der Waals surface area contributed by atoms with Crippen molar-refractivity contribution in [2.75, 3.05) is 13.1 Å². The van der Waals surface area contributed by atoms with E-state index in [2.05, 4.69) is 12.2 Å². The number of rotatable bonds is 4. The molecule has 0 amide bonds. The summed E-state index contributed by atoms with van der Waals surface area (Å²) in [4.78, 5) is 0. The molecule has 0 saturated heterocycles. The summed E-state index contributed by atoms with van der Waals surface area (Å²) >= 11 is 0. The van der Waals surface area contributed by atoms with Crippen LogP contribution in [-0.2, 0) is 0 Å². The van der Waals surface area contributed by atoms with Gasteiger partial charge in [0, 0.05) is 13.1 Å². The molecule has 0 aromatic rings. The molecule has 0 aliphatic heterocycles. The second kappa shape index (κ2) is 4.51. The fourth-order valence-corrected chi connectivity index (χ4v) is 2.03. The summed E-state index contributed by atoms with van der Waals surface area (Å²) in [5.74, 6) is 0. The Bertz CT molecular complexity index is 171. The van der Waals surface area contributed by atoms with Gasteiger partial charge in [-0.2, -0.15) is 13.2 Å². The van der Waals surface area contributed by atoms with Crippen LogP contribution in [0.1, 0.15) is 39.0 Å². The maximum Gasteiger partial charge on any atom is 0.390 e. The average Bonchev–Trinajstić information content (AvgIpc) is 2.45. The molecule has 1 saturated carbocycles. The number of alkyl halides is 3. The zero-order valence-electron chi connectivity index (χ0n) is 8.58. The van der Waals surface area contributed by atoms with Crippen LogP contribution in [0.4, 0.5) is 13.2 Å². The highest BCUT2D eigenvalue weighted by molar-refractivity contribution is 4.82. The molecule has 0 spiro atoms. The van der Waals surface area contributed by atoms with Crippen LogP contribution in [0.3, 0.4) is 0 Å². The van der Waals surface area contributed by atoms with Gasteiger partial charge in [-0.25, -0.2) is 0 Å². The maximum atomic E-state index is 11.8. The van der Waals surface area contributed by atoms with E-state index in [0.29, 0.717) is 0 Å². The molecule has 0 heterocycles. The van der Waals surface area contributed by atoms with Crippen molar-refractivity contribution in [1.29, 1.82) is 0 Å². The van der Waals surface area contributed by atoms with E-state index in [1.54, 1.807) is 0 Å². The molecule has 0 aromatic heterocycles. The molecule has 1 fully saturated rings. The predicted octanol–water partition coefficient (Wildman–Crippen LogP) is 3.11. The zero-order chi connectivity index (χ0) is 10.7. The lowest BCUT2D eigenvalue weighted by atomic mass is 9.89. The number of hydrogen-bond acceptors (Lipinski definition) is 1. The molecule has 0 unspecified atom stereocenters. The molecule has 1 aliphatic rings. The van der Waals surface area contributed by atoms with E-state index in [-0.39, 0.29) is 12.0 Å². The number of halogens is 3. The van der Waals surface area contributed by atoms with Gasteiger partial charge in [0.2, 0.25) is 0 Å². The third-order valence-electron chi connectivity index (χ3n) is 2.95. The molecule has 4 heteroatoms. The lowest BCUT2D eigenvalue weighted by Gasteiger charge is -2.23. The standard InChI is InChI=1S/C10H18F3N/c1-9(4-2-3-5-9)8-14-7-6-10(11,12)13/h14H,2-8H2,1H3. The van der Waals surface area contributed by atoms with Gasteiger partial charge in [0.25, 0.3) is 0 Å². The minimum absolute atomic E-state index is 0.0547. The lowest BCUT2D eigenvalue weighted by molar-refractivity contribution is -0.133. The van der Waals surface area contributed by atoms with Gasteiger partial charge in [0.1, 0.15) is 0 Å². The van der Waals surface area contributed by atoms with Crippen molar-refractivity contribution in [3.63, 3.8) is 0 Å². The Kier molecular flexibility index (Phi) is 3.81. The first-order chi connectivity index (χ1) is 6.41. The minimum Gasteiger partial charge on any atom is -0.316 e. The van der Waals surface area contributed by atoms with Gasteiger partial charge < -0.3 is 5.32 Å². The van der Waals surface area contributed by atoms with Gasteiger partial charge in [-0.3, -0.25) is 0 Å². The van der Waals surface area contributed by atoms with Gasteiger partial charge in [0.15, 0.2) is 0 Å². The molecule has 1 rings (SSSR count). The van der Waals surface area contributed by atoms with E-state index < -0.39 is 12.6 Å². The highest BCUT2D eigenvalue weighted by Crippen LogP contribution is 2.36. The van der Waals surface area contributed by atoms with E-state index in [0.717, 1.165) is 19.4 Å². The third kappa shape index (κ3) is 4.31. The summed E-state index contributed by atoms with van der Waals surface area (Å²) in [6.07, 6.45) is -0.0143. The van der Waals surface area contributed by atoms with Crippen LogP contribution in [0, 0.1) is 5.41 Å². The Morgan fingerprint density at radius 1 is 1.21 bits per heavy atom. The van der Waals surface area contributed by atoms with Crippen LogP contribution in [0.2, 0.25) is 0 Å². The Hall–Kier alpha value is -0.250. The first kappa shape index (κ1) is 11.8. The summed E-state index contributed by atoms with van der Waals surface area (Å²) in [6.45, 7) is 2.93. The summed E-state index contributed by atoms with van der Waals surface area (Å²) < 4.78 is 35.4. The molecule has 0 aromatic carbocycles. The molecule has 0 radical (unpaired) electrons. The van der Waals surface area contributed by atoms with E-state index in [9.17, 15) is 13.2 Å². The zero-order valence-corrected chi connectivity index (χ0v) is 8.58. The van der Waals surface area contributed by atoms with Crippen molar-refractivity contribution in [3.05, 3.63) is 0 Å². The van der Waals surface area contributed by atoms with Crippen molar-refractivity contribution < 1.29 is 13.2 Å². The highest BCUT2D eigenvalue weighted by atomic mass is 19.4. The highest BCUT2D eigenvalue weighted by Gasteiger charge is 2.29. The fourth-order valence-electron chi connectivity index (χ4n) is 2.03. The lowest BCUT2D eigenvalue weighted by Crippen LogP contribution is -2.31. The van der Waals surface area contributed by atoms with Crippen LogP contribution >= 0.6 is 0 Å². The SMILES string of the molecule is CC1(CNCCC(F)(F)F)CCCC1. The van der Waals surface area contributed by atoms with Crippen LogP contribution in [-0.4, -0.2) is 19.3 Å². The summed E-state index contributed by atoms with van der Waals surface area (Å²) in [5, 5.41) is 2.90. The van der Waals surface area contributed by atoms with E-state index in [4.69, 9.17) is 0 Å².